The summed E-state index contributed by atoms with van der Waals surface area (Å²) in [5.41, 5.74) is 2.08. The van der Waals surface area contributed by atoms with E-state index in [0.29, 0.717) is 16.4 Å². The van der Waals surface area contributed by atoms with Gasteiger partial charge in [0.2, 0.25) is 5.91 Å². The van der Waals surface area contributed by atoms with Gasteiger partial charge < -0.3 is 9.73 Å². The van der Waals surface area contributed by atoms with Crippen molar-refractivity contribution in [1.29, 1.82) is 0 Å². The molecular weight excluding hydrogens is 330 g/mol. The van der Waals surface area contributed by atoms with Crippen molar-refractivity contribution in [2.75, 3.05) is 11.1 Å². The van der Waals surface area contributed by atoms with Gasteiger partial charge in [-0.3, -0.25) is 14.9 Å². The highest BCUT2D eigenvalue weighted by atomic mass is 32.2. The Hall–Kier alpha value is -2.87. The normalized spacial score (nSPS) is 10.7. The van der Waals surface area contributed by atoms with E-state index in [1.165, 1.54) is 6.07 Å². The third-order valence-electron chi connectivity index (χ3n) is 3.31. The van der Waals surface area contributed by atoms with Crippen LogP contribution in [0.25, 0.3) is 11.1 Å². The van der Waals surface area contributed by atoms with E-state index in [1.54, 1.807) is 25.1 Å². The molecule has 0 saturated heterocycles. The Kier molecular flexibility index (Phi) is 4.48. The van der Waals surface area contributed by atoms with E-state index in [9.17, 15) is 14.9 Å². The maximum Gasteiger partial charge on any atom is 0.293 e. The number of thioether (sulfide) groups is 1. The van der Waals surface area contributed by atoms with Crippen molar-refractivity contribution in [3.63, 3.8) is 0 Å². The van der Waals surface area contributed by atoms with Crippen molar-refractivity contribution in [3.05, 3.63) is 58.1 Å². The van der Waals surface area contributed by atoms with Crippen LogP contribution in [0.5, 0.6) is 0 Å². The van der Waals surface area contributed by atoms with Crippen LogP contribution in [0, 0.1) is 17.0 Å². The van der Waals surface area contributed by atoms with Gasteiger partial charge in [0, 0.05) is 6.07 Å². The van der Waals surface area contributed by atoms with Crippen molar-refractivity contribution >= 4 is 40.1 Å². The molecule has 7 nitrogen and oxygen atoms in total. The first-order chi connectivity index (χ1) is 11.5. The Labute approximate surface area is 141 Å². The largest absolute Gasteiger partial charge is 0.431 e. The highest BCUT2D eigenvalue weighted by Crippen LogP contribution is 2.28. The number of carbonyl (C=O) groups excluding carboxylic acids is 1. The molecule has 1 aromatic heterocycles. The molecule has 122 valence electrons. The number of carbonyl (C=O) groups is 1. The number of nitro benzene ring substituents is 1. The number of rotatable bonds is 5. The lowest BCUT2D eigenvalue weighted by atomic mass is 10.1. The molecule has 24 heavy (non-hydrogen) atoms. The molecule has 1 N–H and O–H groups in total. The number of benzene rings is 2. The first-order valence-electron chi connectivity index (χ1n) is 7.07. The molecule has 0 aliphatic heterocycles. The summed E-state index contributed by atoms with van der Waals surface area (Å²) in [4.78, 5) is 26.9. The van der Waals surface area contributed by atoms with E-state index < -0.39 is 4.92 Å². The SMILES string of the molecule is Cc1cccc([N+](=O)[O-])c1NC(=O)CSc1nc2ccccc2o1. The Morgan fingerprint density at radius 3 is 2.83 bits per heavy atom. The van der Waals surface area contributed by atoms with Gasteiger partial charge in [-0.2, -0.15) is 0 Å². The second kappa shape index (κ2) is 6.71. The van der Waals surface area contributed by atoms with Crippen LogP contribution < -0.4 is 5.32 Å². The first-order valence-corrected chi connectivity index (χ1v) is 8.05. The highest BCUT2D eigenvalue weighted by molar-refractivity contribution is 7.99. The number of aromatic nitrogens is 1. The van der Waals surface area contributed by atoms with Crippen LogP contribution in [0.15, 0.2) is 52.1 Å². The first kappa shape index (κ1) is 16.0. The summed E-state index contributed by atoms with van der Waals surface area (Å²) in [7, 11) is 0. The maximum atomic E-state index is 12.1. The molecule has 1 amide bonds. The fourth-order valence-electron chi connectivity index (χ4n) is 2.18. The van der Waals surface area contributed by atoms with E-state index in [0.717, 1.165) is 17.3 Å². The average Bonchev–Trinajstić information content (AvgIpc) is 2.97. The van der Waals surface area contributed by atoms with Gasteiger partial charge in [-0.25, -0.2) is 4.98 Å². The van der Waals surface area contributed by atoms with Crippen LogP contribution in [-0.4, -0.2) is 21.6 Å². The number of amides is 1. The zero-order valence-corrected chi connectivity index (χ0v) is 13.5. The molecule has 0 bridgehead atoms. The van der Waals surface area contributed by atoms with Gasteiger partial charge >= 0.3 is 0 Å². The molecule has 2 aromatic carbocycles. The summed E-state index contributed by atoms with van der Waals surface area (Å²) in [6.45, 7) is 1.70. The molecule has 0 saturated carbocycles. The summed E-state index contributed by atoms with van der Waals surface area (Å²) in [6, 6.07) is 11.9. The number of nitrogens with one attached hydrogen (secondary N) is 1. The topological polar surface area (TPSA) is 98.3 Å². The zero-order chi connectivity index (χ0) is 17.1. The number of hydrogen-bond acceptors (Lipinski definition) is 6. The molecule has 0 radical (unpaired) electrons. The number of oxazole rings is 1. The van der Waals surface area contributed by atoms with Gasteiger partial charge in [0.25, 0.3) is 10.9 Å². The summed E-state index contributed by atoms with van der Waals surface area (Å²) in [5.74, 6) is -0.321. The zero-order valence-electron chi connectivity index (χ0n) is 12.7. The van der Waals surface area contributed by atoms with Crippen molar-refractivity contribution in [1.82, 2.24) is 4.98 Å². The van der Waals surface area contributed by atoms with Crippen LogP contribution in [0.1, 0.15) is 5.56 Å². The number of hydrogen-bond donors (Lipinski definition) is 1. The molecule has 0 spiro atoms. The predicted molar refractivity (Wildman–Crippen MR) is 91.2 cm³/mol. The van der Waals surface area contributed by atoms with Crippen LogP contribution in [0.3, 0.4) is 0 Å². The van der Waals surface area contributed by atoms with Gasteiger partial charge in [0.15, 0.2) is 5.58 Å². The molecule has 0 aliphatic carbocycles. The number of aryl methyl sites for hydroxylation is 1. The van der Waals surface area contributed by atoms with E-state index in [1.807, 2.05) is 18.2 Å². The minimum atomic E-state index is -0.517. The minimum Gasteiger partial charge on any atom is -0.431 e. The lowest BCUT2D eigenvalue weighted by molar-refractivity contribution is -0.384. The van der Waals surface area contributed by atoms with Gasteiger partial charge in [0.1, 0.15) is 11.2 Å². The molecule has 0 unspecified atom stereocenters. The number of fused-ring (bicyclic) bond motifs is 1. The number of nitro groups is 1. The van der Waals surface area contributed by atoms with Gasteiger partial charge in [-0.15, -0.1) is 0 Å². The fourth-order valence-corrected chi connectivity index (χ4v) is 2.82. The predicted octanol–water partition coefficient (Wildman–Crippen LogP) is 3.78. The summed E-state index contributed by atoms with van der Waals surface area (Å²) < 4.78 is 5.52. The number of para-hydroxylation sites is 3. The standard InChI is InChI=1S/C16H13N3O4S/c1-10-5-4-7-12(19(21)22)15(10)18-14(20)9-24-16-17-11-6-2-3-8-13(11)23-16/h2-8H,9H2,1H3,(H,18,20). The molecule has 1 heterocycles. The van der Waals surface area contributed by atoms with Gasteiger partial charge in [0.05, 0.1) is 10.7 Å². The molecular formula is C16H13N3O4S. The van der Waals surface area contributed by atoms with Crippen LogP contribution in [-0.2, 0) is 4.79 Å². The molecule has 0 atom stereocenters. The molecule has 8 heteroatoms. The van der Waals surface area contributed by atoms with Crippen LogP contribution in [0.2, 0.25) is 0 Å². The van der Waals surface area contributed by atoms with E-state index >= 15 is 0 Å². The van der Waals surface area contributed by atoms with Gasteiger partial charge in [-0.1, -0.05) is 36.0 Å². The van der Waals surface area contributed by atoms with E-state index in [4.69, 9.17) is 4.42 Å². The summed E-state index contributed by atoms with van der Waals surface area (Å²) >= 11 is 1.13. The van der Waals surface area contributed by atoms with E-state index in [-0.39, 0.29) is 23.0 Å². The van der Waals surface area contributed by atoms with Crippen molar-refractivity contribution in [2.45, 2.75) is 12.1 Å². The van der Waals surface area contributed by atoms with Crippen LogP contribution >= 0.6 is 11.8 Å². The second-order valence-electron chi connectivity index (χ2n) is 5.01. The number of anilines is 1. The third kappa shape index (κ3) is 3.38. The minimum absolute atomic E-state index is 0.0400. The second-order valence-corrected chi connectivity index (χ2v) is 5.94. The quantitative estimate of drug-likeness (QED) is 0.430. The van der Waals surface area contributed by atoms with Crippen molar-refractivity contribution in [3.8, 4) is 0 Å². The lowest BCUT2D eigenvalue weighted by Gasteiger charge is -2.08. The average molecular weight is 343 g/mol. The van der Waals surface area contributed by atoms with Crippen LogP contribution in [0.4, 0.5) is 11.4 Å². The highest BCUT2D eigenvalue weighted by Gasteiger charge is 2.18. The number of nitrogens with zero attached hydrogens (tertiary/aromatic N) is 2. The lowest BCUT2D eigenvalue weighted by Crippen LogP contribution is -2.16. The third-order valence-corrected chi connectivity index (χ3v) is 4.14. The fraction of sp³-hybridized carbons (Fsp3) is 0.125. The van der Waals surface area contributed by atoms with Gasteiger partial charge in [-0.05, 0) is 24.6 Å². The monoisotopic (exact) mass is 343 g/mol. The molecule has 0 aliphatic rings. The summed E-state index contributed by atoms with van der Waals surface area (Å²) in [6.07, 6.45) is 0. The molecule has 0 fully saturated rings. The Morgan fingerprint density at radius 2 is 2.08 bits per heavy atom. The Balaban J connectivity index is 1.69. The summed E-state index contributed by atoms with van der Waals surface area (Å²) in [5, 5.41) is 14.0. The maximum absolute atomic E-state index is 12.1. The van der Waals surface area contributed by atoms with Crippen molar-refractivity contribution < 1.29 is 14.1 Å². The van der Waals surface area contributed by atoms with Crippen molar-refractivity contribution in [2.24, 2.45) is 0 Å². The Morgan fingerprint density at radius 1 is 1.29 bits per heavy atom. The Bertz CT molecular complexity index is 890. The smallest absolute Gasteiger partial charge is 0.293 e. The molecule has 3 aromatic rings. The molecule has 3 rings (SSSR count). The van der Waals surface area contributed by atoms with E-state index in [2.05, 4.69) is 10.3 Å².